The summed E-state index contributed by atoms with van der Waals surface area (Å²) < 4.78 is 9.34. The van der Waals surface area contributed by atoms with Crippen LogP contribution in [0.3, 0.4) is 0 Å². The van der Waals surface area contributed by atoms with Crippen LogP contribution >= 0.6 is 11.7 Å². The average Bonchev–Trinajstić information content (AvgIpc) is 2.85. The molecule has 0 atom stereocenters. The molecular formula is C7H4N6OS. The zero-order valence-corrected chi connectivity index (χ0v) is 8.10. The lowest BCUT2D eigenvalue weighted by molar-refractivity contribution is 0.783. The molecule has 15 heavy (non-hydrogen) atoms. The molecular weight excluding hydrogens is 216 g/mol. The maximum absolute atomic E-state index is 11.3. The predicted molar refractivity (Wildman–Crippen MR) is 53.0 cm³/mol. The number of H-pyrrole nitrogens is 1. The lowest BCUT2D eigenvalue weighted by atomic mass is 10.3. The molecule has 0 spiro atoms. The van der Waals surface area contributed by atoms with E-state index in [1.165, 1.54) is 0 Å². The van der Waals surface area contributed by atoms with E-state index < -0.39 is 5.69 Å². The molecule has 2 heterocycles. The van der Waals surface area contributed by atoms with E-state index in [0.29, 0.717) is 11.2 Å². The third-order valence-corrected chi connectivity index (χ3v) is 2.51. The number of hydrogen-bond donors (Lipinski definition) is 1. The van der Waals surface area contributed by atoms with Gasteiger partial charge in [0.05, 0.1) is 11.7 Å². The Morgan fingerprint density at radius 2 is 2.27 bits per heavy atom. The number of hydrogen-bond acceptors (Lipinski definition) is 6. The van der Waals surface area contributed by atoms with Crippen LogP contribution in [0.2, 0.25) is 0 Å². The van der Waals surface area contributed by atoms with Gasteiger partial charge in [-0.05, 0) is 22.6 Å². The molecule has 8 heteroatoms. The molecule has 1 N–H and O–H groups in total. The van der Waals surface area contributed by atoms with E-state index in [4.69, 9.17) is 0 Å². The van der Waals surface area contributed by atoms with E-state index in [1.54, 1.807) is 12.1 Å². The van der Waals surface area contributed by atoms with Crippen molar-refractivity contribution in [2.24, 2.45) is 0 Å². The van der Waals surface area contributed by atoms with Crippen LogP contribution in [0, 0.1) is 0 Å². The third kappa shape index (κ3) is 1.15. The van der Waals surface area contributed by atoms with Crippen molar-refractivity contribution in [3.63, 3.8) is 0 Å². The molecule has 0 aliphatic carbocycles. The van der Waals surface area contributed by atoms with E-state index in [-0.39, 0.29) is 0 Å². The molecule has 0 aliphatic heterocycles. The summed E-state index contributed by atoms with van der Waals surface area (Å²) >= 11 is 1.10. The van der Waals surface area contributed by atoms with Crippen LogP contribution in [0.15, 0.2) is 23.0 Å². The van der Waals surface area contributed by atoms with E-state index in [9.17, 15) is 4.79 Å². The molecule has 74 valence electrons. The minimum absolute atomic E-state index is 0.393. The molecule has 0 bridgehead atoms. The summed E-state index contributed by atoms with van der Waals surface area (Å²) in [6.07, 6.45) is 0. The Labute approximate surface area is 86.7 Å². The number of aromatic nitrogens is 6. The molecule has 1 aromatic carbocycles. The second kappa shape index (κ2) is 2.95. The number of tetrazole rings is 1. The van der Waals surface area contributed by atoms with Gasteiger partial charge in [-0.15, -0.1) is 0 Å². The van der Waals surface area contributed by atoms with E-state index in [0.717, 1.165) is 21.9 Å². The first-order valence-corrected chi connectivity index (χ1v) is 4.81. The number of benzene rings is 1. The highest BCUT2D eigenvalue weighted by Gasteiger charge is 2.09. The van der Waals surface area contributed by atoms with Crippen LogP contribution in [0.5, 0.6) is 0 Å². The average molecular weight is 220 g/mol. The summed E-state index contributed by atoms with van der Waals surface area (Å²) in [7, 11) is 0. The first-order valence-electron chi connectivity index (χ1n) is 4.08. The van der Waals surface area contributed by atoms with Crippen LogP contribution in [-0.4, -0.2) is 29.0 Å². The second-order valence-electron chi connectivity index (χ2n) is 2.83. The monoisotopic (exact) mass is 220 g/mol. The predicted octanol–water partition coefficient (Wildman–Crippen LogP) is -0.0397. The molecule has 2 aromatic heterocycles. The number of aromatic amines is 1. The fraction of sp³-hybridized carbons (Fsp3) is 0. The Morgan fingerprint density at radius 1 is 1.33 bits per heavy atom. The van der Waals surface area contributed by atoms with Gasteiger partial charge in [0.25, 0.3) is 0 Å². The van der Waals surface area contributed by atoms with Crippen LogP contribution in [0.4, 0.5) is 0 Å². The maximum atomic E-state index is 11.3. The summed E-state index contributed by atoms with van der Waals surface area (Å²) in [4.78, 5) is 11.3. The van der Waals surface area contributed by atoms with Gasteiger partial charge in [0.1, 0.15) is 16.7 Å². The van der Waals surface area contributed by atoms with Gasteiger partial charge in [-0.2, -0.15) is 13.4 Å². The van der Waals surface area contributed by atoms with Gasteiger partial charge in [0.2, 0.25) is 0 Å². The van der Waals surface area contributed by atoms with Crippen molar-refractivity contribution in [2.45, 2.75) is 0 Å². The standard InChI is InChI=1S/C7H4N6OS/c14-7-8-11-12-13(7)5-3-1-2-4-6(5)10-15-9-4/h1-3H,(H,8,12,14). The van der Waals surface area contributed by atoms with E-state index in [1.807, 2.05) is 6.07 Å². The van der Waals surface area contributed by atoms with Crippen molar-refractivity contribution in [1.82, 2.24) is 29.0 Å². The molecule has 0 saturated heterocycles. The molecule has 0 saturated carbocycles. The molecule has 0 radical (unpaired) electrons. The van der Waals surface area contributed by atoms with Crippen molar-refractivity contribution in [2.75, 3.05) is 0 Å². The van der Waals surface area contributed by atoms with E-state index in [2.05, 4.69) is 24.3 Å². The Hall–Kier alpha value is -2.09. The lowest BCUT2D eigenvalue weighted by Crippen LogP contribution is -2.16. The Bertz CT molecular complexity index is 667. The number of rotatable bonds is 1. The van der Waals surface area contributed by atoms with Gasteiger partial charge < -0.3 is 0 Å². The molecule has 3 rings (SSSR count). The van der Waals surface area contributed by atoms with Crippen molar-refractivity contribution < 1.29 is 0 Å². The molecule has 0 amide bonds. The summed E-state index contributed by atoms with van der Waals surface area (Å²) in [5, 5.41) is 9.30. The lowest BCUT2D eigenvalue weighted by Gasteiger charge is -1.96. The van der Waals surface area contributed by atoms with Gasteiger partial charge in [0.15, 0.2) is 0 Å². The normalized spacial score (nSPS) is 10.9. The second-order valence-corrected chi connectivity index (χ2v) is 3.36. The molecule has 3 aromatic rings. The van der Waals surface area contributed by atoms with Crippen molar-refractivity contribution >= 4 is 22.8 Å². The SMILES string of the molecule is O=c1[nH]nnn1-c1cccc2nsnc12. The highest BCUT2D eigenvalue weighted by atomic mass is 32.1. The Morgan fingerprint density at radius 3 is 3.07 bits per heavy atom. The summed E-state index contributed by atoms with van der Waals surface area (Å²) in [6.45, 7) is 0. The number of fused-ring (bicyclic) bond motifs is 1. The molecule has 0 unspecified atom stereocenters. The van der Waals surface area contributed by atoms with Gasteiger partial charge >= 0.3 is 5.69 Å². The fourth-order valence-electron chi connectivity index (χ4n) is 1.32. The smallest absolute Gasteiger partial charge is 0.244 e. The minimum atomic E-state index is -0.393. The van der Waals surface area contributed by atoms with Gasteiger partial charge in [0, 0.05) is 0 Å². The molecule has 0 fully saturated rings. The van der Waals surface area contributed by atoms with Crippen LogP contribution in [-0.2, 0) is 0 Å². The third-order valence-electron chi connectivity index (χ3n) is 1.97. The Balaban J connectivity index is 2.41. The van der Waals surface area contributed by atoms with Crippen LogP contribution in [0.25, 0.3) is 16.7 Å². The van der Waals surface area contributed by atoms with Crippen LogP contribution in [0.1, 0.15) is 0 Å². The van der Waals surface area contributed by atoms with Crippen LogP contribution < -0.4 is 5.69 Å². The van der Waals surface area contributed by atoms with Gasteiger partial charge in [-0.3, -0.25) is 0 Å². The highest BCUT2D eigenvalue weighted by Crippen LogP contribution is 2.17. The summed E-state index contributed by atoms with van der Waals surface area (Å²) in [5.74, 6) is 0. The zero-order chi connectivity index (χ0) is 10.3. The minimum Gasteiger partial charge on any atom is -0.244 e. The highest BCUT2D eigenvalue weighted by molar-refractivity contribution is 7.00. The molecule has 0 aliphatic rings. The largest absolute Gasteiger partial charge is 0.365 e. The van der Waals surface area contributed by atoms with E-state index >= 15 is 0 Å². The first kappa shape index (κ1) is 8.24. The van der Waals surface area contributed by atoms with Crippen molar-refractivity contribution in [3.8, 4) is 5.69 Å². The topological polar surface area (TPSA) is 89.4 Å². The van der Waals surface area contributed by atoms with Gasteiger partial charge in [-0.1, -0.05) is 6.07 Å². The maximum Gasteiger partial charge on any atom is 0.365 e. The van der Waals surface area contributed by atoms with Gasteiger partial charge in [-0.25, -0.2) is 9.89 Å². The Kier molecular flexibility index (Phi) is 1.62. The summed E-state index contributed by atoms with van der Waals surface area (Å²) in [6, 6.07) is 5.36. The number of nitrogens with one attached hydrogen (secondary N) is 1. The molecule has 7 nitrogen and oxygen atoms in total. The first-order chi connectivity index (χ1) is 7.36. The fourth-order valence-corrected chi connectivity index (χ4v) is 1.86. The summed E-state index contributed by atoms with van der Waals surface area (Å²) in [5.41, 5.74) is 1.58. The number of nitrogens with zero attached hydrogens (tertiary/aromatic N) is 5. The van der Waals surface area contributed by atoms with Crippen molar-refractivity contribution in [3.05, 3.63) is 28.7 Å². The zero-order valence-electron chi connectivity index (χ0n) is 7.28. The quantitative estimate of drug-likeness (QED) is 0.621. The van der Waals surface area contributed by atoms with Crippen molar-refractivity contribution in [1.29, 1.82) is 0 Å².